The average molecular weight is 358 g/mol. The van der Waals surface area contributed by atoms with E-state index in [-0.39, 0.29) is 6.61 Å². The number of likely N-dealkylation sites (tertiary alicyclic amines) is 1. The van der Waals surface area contributed by atoms with E-state index in [1.165, 1.54) is 61.0 Å². The maximum Gasteiger partial charge on any atom is 0.185 e. The van der Waals surface area contributed by atoms with E-state index >= 15 is 0 Å². The van der Waals surface area contributed by atoms with Crippen LogP contribution in [0.25, 0.3) is 0 Å². The van der Waals surface area contributed by atoms with Crippen molar-refractivity contribution >= 4 is 16.5 Å². The van der Waals surface area contributed by atoms with Gasteiger partial charge in [0.1, 0.15) is 0 Å². The van der Waals surface area contributed by atoms with Crippen LogP contribution in [-0.2, 0) is 19.6 Å². The second kappa shape index (κ2) is 7.85. The highest BCUT2D eigenvalue weighted by Crippen LogP contribution is 2.28. The predicted octanol–water partition coefficient (Wildman–Crippen LogP) is 3.30. The summed E-state index contributed by atoms with van der Waals surface area (Å²) in [4.78, 5) is 11.0. The summed E-state index contributed by atoms with van der Waals surface area (Å²) in [6.45, 7) is 5.90. The van der Waals surface area contributed by atoms with E-state index in [4.69, 9.17) is 5.11 Å². The molecule has 4 nitrogen and oxygen atoms in total. The number of benzene rings is 1. The molecule has 0 saturated carbocycles. The molecule has 1 aromatic carbocycles. The number of anilines is 1. The maximum atomic E-state index is 9.14. The van der Waals surface area contributed by atoms with Gasteiger partial charge >= 0.3 is 0 Å². The van der Waals surface area contributed by atoms with Crippen LogP contribution >= 0.6 is 11.3 Å². The van der Waals surface area contributed by atoms with Crippen molar-refractivity contribution in [1.82, 2.24) is 9.88 Å². The lowest BCUT2D eigenvalue weighted by atomic mass is 9.98. The van der Waals surface area contributed by atoms with Gasteiger partial charge in [-0.2, -0.15) is 0 Å². The molecule has 0 unspecified atom stereocenters. The Labute approximate surface area is 154 Å². The molecule has 0 radical (unpaired) electrons. The second-order valence-corrected chi connectivity index (χ2v) is 8.47. The second-order valence-electron chi connectivity index (χ2n) is 7.37. The van der Waals surface area contributed by atoms with Crippen molar-refractivity contribution in [3.63, 3.8) is 0 Å². The van der Waals surface area contributed by atoms with E-state index in [1.54, 1.807) is 0 Å². The van der Waals surface area contributed by atoms with Gasteiger partial charge in [-0.15, -0.1) is 11.3 Å². The van der Waals surface area contributed by atoms with Crippen LogP contribution in [0.2, 0.25) is 0 Å². The molecule has 2 fully saturated rings. The SMILES string of the molecule is OCc1ccc(C[C@@H]2CCN(Cc3cnc(N4CCCC4)s3)C2)cc1. The first-order valence-corrected chi connectivity index (χ1v) is 10.2. The summed E-state index contributed by atoms with van der Waals surface area (Å²) in [7, 11) is 0. The lowest BCUT2D eigenvalue weighted by molar-refractivity contribution is 0.282. The maximum absolute atomic E-state index is 9.14. The molecule has 5 heteroatoms. The molecule has 0 bridgehead atoms. The number of aromatic nitrogens is 1. The van der Waals surface area contributed by atoms with Gasteiger partial charge in [-0.05, 0) is 49.3 Å². The summed E-state index contributed by atoms with van der Waals surface area (Å²) in [5, 5.41) is 10.4. The smallest absolute Gasteiger partial charge is 0.185 e. The monoisotopic (exact) mass is 357 g/mol. The third-order valence-corrected chi connectivity index (χ3v) is 6.44. The summed E-state index contributed by atoms with van der Waals surface area (Å²) in [6, 6.07) is 8.41. The van der Waals surface area contributed by atoms with Crippen molar-refractivity contribution in [1.29, 1.82) is 0 Å². The Hall–Kier alpha value is -1.43. The minimum absolute atomic E-state index is 0.131. The minimum atomic E-state index is 0.131. The zero-order chi connectivity index (χ0) is 17.1. The molecule has 2 aliphatic rings. The standard InChI is InChI=1S/C20H27N3OS/c24-15-17-5-3-16(4-6-17)11-18-7-10-22(13-18)14-19-12-21-20(25-19)23-8-1-2-9-23/h3-6,12,18,24H,1-2,7-11,13-15H2/t18-/m0/s1. The number of aliphatic hydroxyl groups excluding tert-OH is 1. The quantitative estimate of drug-likeness (QED) is 0.861. The minimum Gasteiger partial charge on any atom is -0.392 e. The van der Waals surface area contributed by atoms with E-state index in [9.17, 15) is 0 Å². The predicted molar refractivity (Wildman–Crippen MR) is 103 cm³/mol. The highest BCUT2D eigenvalue weighted by atomic mass is 32.1. The molecular formula is C20H27N3OS. The molecule has 3 heterocycles. The van der Waals surface area contributed by atoms with Crippen molar-refractivity contribution in [2.45, 2.75) is 38.8 Å². The van der Waals surface area contributed by atoms with Crippen molar-refractivity contribution in [2.75, 3.05) is 31.1 Å². The summed E-state index contributed by atoms with van der Waals surface area (Å²) in [6.07, 6.45) is 7.12. The van der Waals surface area contributed by atoms with Gasteiger partial charge in [0.25, 0.3) is 0 Å². The highest BCUT2D eigenvalue weighted by Gasteiger charge is 2.24. The number of rotatable bonds is 6. The number of hydrogen-bond acceptors (Lipinski definition) is 5. The fourth-order valence-corrected chi connectivity index (χ4v) is 4.99. The molecule has 134 valence electrons. The Kier molecular flexibility index (Phi) is 5.34. The lowest BCUT2D eigenvalue weighted by Crippen LogP contribution is -2.20. The van der Waals surface area contributed by atoms with Gasteiger partial charge in [-0.25, -0.2) is 4.98 Å². The van der Waals surface area contributed by atoms with E-state index in [0.717, 1.165) is 24.4 Å². The Morgan fingerprint density at radius 3 is 2.60 bits per heavy atom. The molecule has 0 spiro atoms. The average Bonchev–Trinajstić information content (AvgIpc) is 3.37. The van der Waals surface area contributed by atoms with Crippen LogP contribution in [0.5, 0.6) is 0 Å². The molecule has 4 rings (SSSR count). The first kappa shape index (κ1) is 17.0. The van der Waals surface area contributed by atoms with Gasteiger partial charge in [0, 0.05) is 37.3 Å². The molecule has 0 amide bonds. The molecule has 1 aromatic heterocycles. The van der Waals surface area contributed by atoms with Crippen LogP contribution in [0.15, 0.2) is 30.5 Å². The molecule has 2 aliphatic heterocycles. The number of thiazole rings is 1. The number of hydrogen-bond donors (Lipinski definition) is 1. The van der Waals surface area contributed by atoms with E-state index in [1.807, 2.05) is 23.5 Å². The normalized spacial score (nSPS) is 21.3. The number of aliphatic hydroxyl groups is 1. The molecule has 2 aromatic rings. The Morgan fingerprint density at radius 1 is 1.08 bits per heavy atom. The topological polar surface area (TPSA) is 39.6 Å². The van der Waals surface area contributed by atoms with Gasteiger partial charge in [-0.1, -0.05) is 24.3 Å². The zero-order valence-corrected chi connectivity index (χ0v) is 15.5. The number of nitrogens with zero attached hydrogens (tertiary/aromatic N) is 3. The van der Waals surface area contributed by atoms with Crippen molar-refractivity contribution in [2.24, 2.45) is 5.92 Å². The van der Waals surface area contributed by atoms with Gasteiger partial charge in [0.15, 0.2) is 5.13 Å². The molecule has 1 N–H and O–H groups in total. The summed E-state index contributed by atoms with van der Waals surface area (Å²) >= 11 is 1.88. The van der Waals surface area contributed by atoms with Crippen LogP contribution in [0.4, 0.5) is 5.13 Å². The van der Waals surface area contributed by atoms with Gasteiger partial charge < -0.3 is 10.0 Å². The van der Waals surface area contributed by atoms with Crippen LogP contribution < -0.4 is 4.90 Å². The van der Waals surface area contributed by atoms with Crippen molar-refractivity contribution < 1.29 is 5.11 Å². The van der Waals surface area contributed by atoms with E-state index in [0.29, 0.717) is 0 Å². The van der Waals surface area contributed by atoms with Gasteiger partial charge in [0.2, 0.25) is 0 Å². The summed E-state index contributed by atoms with van der Waals surface area (Å²) < 4.78 is 0. The lowest BCUT2D eigenvalue weighted by Gasteiger charge is -2.15. The third kappa shape index (κ3) is 4.22. The van der Waals surface area contributed by atoms with Gasteiger partial charge in [0.05, 0.1) is 6.61 Å². The van der Waals surface area contributed by atoms with Crippen LogP contribution in [-0.4, -0.2) is 41.2 Å². The Bertz CT molecular complexity index is 679. The Balaban J connectivity index is 1.28. The van der Waals surface area contributed by atoms with Crippen LogP contribution in [0.3, 0.4) is 0 Å². The fourth-order valence-electron chi connectivity index (χ4n) is 3.98. The third-order valence-electron chi connectivity index (χ3n) is 5.40. The van der Waals surface area contributed by atoms with Gasteiger partial charge in [-0.3, -0.25) is 4.90 Å². The Morgan fingerprint density at radius 2 is 1.84 bits per heavy atom. The first-order chi connectivity index (χ1) is 12.3. The van der Waals surface area contributed by atoms with E-state index in [2.05, 4.69) is 33.1 Å². The highest BCUT2D eigenvalue weighted by molar-refractivity contribution is 7.15. The summed E-state index contributed by atoms with van der Waals surface area (Å²) in [5.74, 6) is 0.742. The fraction of sp³-hybridized carbons (Fsp3) is 0.550. The van der Waals surface area contributed by atoms with Crippen molar-refractivity contribution in [3.8, 4) is 0 Å². The summed E-state index contributed by atoms with van der Waals surface area (Å²) in [5.41, 5.74) is 2.38. The van der Waals surface area contributed by atoms with Crippen molar-refractivity contribution in [3.05, 3.63) is 46.5 Å². The van der Waals surface area contributed by atoms with Crippen LogP contribution in [0, 0.1) is 5.92 Å². The zero-order valence-electron chi connectivity index (χ0n) is 14.7. The van der Waals surface area contributed by atoms with E-state index < -0.39 is 0 Å². The largest absolute Gasteiger partial charge is 0.392 e. The molecule has 1 atom stereocenters. The first-order valence-electron chi connectivity index (χ1n) is 9.41. The molecular weight excluding hydrogens is 330 g/mol. The molecule has 0 aliphatic carbocycles. The molecule has 25 heavy (non-hydrogen) atoms. The van der Waals surface area contributed by atoms with Crippen LogP contribution in [0.1, 0.15) is 35.3 Å². The molecule has 2 saturated heterocycles.